The third kappa shape index (κ3) is 7.80. The number of carbonyl (C=O) groups is 3. The molecule has 0 aromatic carbocycles. The Morgan fingerprint density at radius 2 is 1.72 bits per heavy atom. The Balaban J connectivity index is 2.47. The first-order valence-electron chi connectivity index (χ1n) is 9.11. The molecule has 1 aromatic heterocycles. The summed E-state index contributed by atoms with van der Waals surface area (Å²) in [4.78, 5) is 59.1. The molecule has 0 spiro atoms. The van der Waals surface area contributed by atoms with Crippen molar-refractivity contribution in [3.63, 3.8) is 0 Å². The van der Waals surface area contributed by atoms with Crippen LogP contribution in [-0.2, 0) is 35.0 Å². The van der Waals surface area contributed by atoms with E-state index in [-0.39, 0.29) is 19.5 Å². The highest BCUT2D eigenvalue weighted by atomic mass is 16.6. The lowest BCUT2D eigenvalue weighted by Crippen LogP contribution is -2.46. The van der Waals surface area contributed by atoms with E-state index in [9.17, 15) is 24.0 Å². The molecule has 3 N–H and O–H groups in total. The van der Waals surface area contributed by atoms with Gasteiger partial charge in [-0.05, 0) is 27.7 Å². The molecule has 0 saturated heterocycles. The lowest BCUT2D eigenvalue weighted by Gasteiger charge is -2.19. The molecular formula is C18H29N5O6. The quantitative estimate of drug-likeness (QED) is 0.532. The molecule has 1 rings (SSSR count). The first-order valence-corrected chi connectivity index (χ1v) is 9.11. The fraction of sp³-hybridized carbons (Fsp3) is 0.611. The van der Waals surface area contributed by atoms with E-state index >= 15 is 0 Å². The molecule has 0 aliphatic carbocycles. The van der Waals surface area contributed by atoms with Crippen LogP contribution in [0.3, 0.4) is 0 Å². The Morgan fingerprint density at radius 3 is 2.31 bits per heavy atom. The molecule has 29 heavy (non-hydrogen) atoms. The summed E-state index contributed by atoms with van der Waals surface area (Å²) in [7, 11) is 2.86. The molecule has 162 valence electrons. The average Bonchev–Trinajstić information content (AvgIpc) is 2.59. The van der Waals surface area contributed by atoms with Gasteiger partial charge in [0.25, 0.3) is 5.56 Å². The molecular weight excluding hydrogens is 382 g/mol. The van der Waals surface area contributed by atoms with Crippen molar-refractivity contribution >= 4 is 17.9 Å². The summed E-state index contributed by atoms with van der Waals surface area (Å²) >= 11 is 0. The normalized spacial score (nSPS) is 12.1. The molecule has 11 heteroatoms. The minimum atomic E-state index is -0.840. The summed E-state index contributed by atoms with van der Waals surface area (Å²) < 4.78 is 7.27. The summed E-state index contributed by atoms with van der Waals surface area (Å²) in [6.07, 6.45) is -0.657. The standard InChI is InChI=1S/C18H29N5O6/c1-11(21-13(24)7-8-19-16(27)29-18(2,3)4)15(26)20-10-12-9-14(25)23(6)17(28)22(12)5/h9,11H,7-8,10H2,1-6H3,(H,19,27)(H,20,26)(H,21,24). The lowest BCUT2D eigenvalue weighted by atomic mass is 10.2. The van der Waals surface area contributed by atoms with Crippen LogP contribution in [0, 0.1) is 0 Å². The maximum atomic E-state index is 12.2. The van der Waals surface area contributed by atoms with Crippen LogP contribution >= 0.6 is 0 Å². The number of hydrogen-bond acceptors (Lipinski definition) is 6. The fourth-order valence-electron chi connectivity index (χ4n) is 2.25. The molecule has 0 saturated carbocycles. The van der Waals surface area contributed by atoms with Gasteiger partial charge >= 0.3 is 11.8 Å². The van der Waals surface area contributed by atoms with Crippen molar-refractivity contribution in [3.8, 4) is 0 Å². The number of nitrogens with zero attached hydrogens (tertiary/aromatic N) is 2. The van der Waals surface area contributed by atoms with Crippen LogP contribution in [0.4, 0.5) is 4.79 Å². The third-order valence-corrected chi connectivity index (χ3v) is 3.86. The first-order chi connectivity index (χ1) is 13.3. The largest absolute Gasteiger partial charge is 0.444 e. The van der Waals surface area contributed by atoms with Gasteiger partial charge in [-0.25, -0.2) is 9.59 Å². The summed E-state index contributed by atoms with van der Waals surface area (Å²) in [5.41, 5.74) is -1.27. The molecule has 1 aromatic rings. The molecule has 3 amide bonds. The Hall–Kier alpha value is -3.11. The van der Waals surface area contributed by atoms with Gasteiger partial charge in [0, 0.05) is 38.8 Å². The van der Waals surface area contributed by atoms with Crippen LogP contribution in [0.5, 0.6) is 0 Å². The summed E-state index contributed by atoms with van der Waals surface area (Å²) in [5, 5.41) is 7.53. The summed E-state index contributed by atoms with van der Waals surface area (Å²) in [6.45, 7) is 6.70. The Bertz CT molecular complexity index is 880. The van der Waals surface area contributed by atoms with Crippen molar-refractivity contribution < 1.29 is 19.1 Å². The Labute approximate surface area is 168 Å². The third-order valence-electron chi connectivity index (χ3n) is 3.86. The molecule has 0 aliphatic rings. The fourth-order valence-corrected chi connectivity index (χ4v) is 2.25. The van der Waals surface area contributed by atoms with Crippen LogP contribution in [0.2, 0.25) is 0 Å². The van der Waals surface area contributed by atoms with Gasteiger partial charge in [-0.3, -0.25) is 23.5 Å². The molecule has 11 nitrogen and oxygen atoms in total. The Morgan fingerprint density at radius 1 is 1.10 bits per heavy atom. The number of amides is 3. The maximum absolute atomic E-state index is 12.2. The molecule has 1 heterocycles. The number of carbonyl (C=O) groups excluding carboxylic acids is 3. The van der Waals surface area contributed by atoms with Crippen molar-refractivity contribution in [2.75, 3.05) is 6.54 Å². The monoisotopic (exact) mass is 411 g/mol. The maximum Gasteiger partial charge on any atom is 0.407 e. The SMILES string of the molecule is CC(NC(=O)CCNC(=O)OC(C)(C)C)C(=O)NCc1cc(=O)n(C)c(=O)n1C. The predicted molar refractivity (Wildman–Crippen MR) is 105 cm³/mol. The number of nitrogens with one attached hydrogen (secondary N) is 3. The predicted octanol–water partition coefficient (Wildman–Crippen LogP) is -0.880. The zero-order chi connectivity index (χ0) is 22.4. The number of ether oxygens (including phenoxy) is 1. The van der Waals surface area contributed by atoms with Crippen LogP contribution in [0.15, 0.2) is 15.7 Å². The number of hydrogen-bond donors (Lipinski definition) is 3. The highest BCUT2D eigenvalue weighted by molar-refractivity contribution is 5.87. The van der Waals surface area contributed by atoms with E-state index in [1.54, 1.807) is 20.8 Å². The minimum Gasteiger partial charge on any atom is -0.444 e. The van der Waals surface area contributed by atoms with E-state index in [4.69, 9.17) is 4.74 Å². The second-order valence-corrected chi connectivity index (χ2v) is 7.56. The van der Waals surface area contributed by atoms with Gasteiger partial charge in [0.1, 0.15) is 11.6 Å². The smallest absolute Gasteiger partial charge is 0.407 e. The zero-order valence-electron chi connectivity index (χ0n) is 17.6. The molecule has 0 bridgehead atoms. The molecule has 1 atom stereocenters. The van der Waals surface area contributed by atoms with Crippen LogP contribution in [0.1, 0.15) is 39.8 Å². The molecule has 1 unspecified atom stereocenters. The highest BCUT2D eigenvalue weighted by Crippen LogP contribution is 2.06. The minimum absolute atomic E-state index is 0.0277. The summed E-state index contributed by atoms with van der Waals surface area (Å²) in [5.74, 6) is -0.906. The number of rotatable bonds is 7. The van der Waals surface area contributed by atoms with Crippen LogP contribution in [-0.4, -0.2) is 45.2 Å². The first kappa shape index (κ1) is 23.9. The topological polar surface area (TPSA) is 141 Å². The van der Waals surface area contributed by atoms with Crippen molar-refractivity contribution in [1.82, 2.24) is 25.1 Å². The van der Waals surface area contributed by atoms with Crippen molar-refractivity contribution in [2.45, 2.75) is 52.3 Å². The van der Waals surface area contributed by atoms with Gasteiger partial charge in [0.15, 0.2) is 0 Å². The van der Waals surface area contributed by atoms with Gasteiger partial charge < -0.3 is 20.7 Å². The number of alkyl carbamates (subject to hydrolysis) is 1. The van der Waals surface area contributed by atoms with E-state index in [0.717, 1.165) is 4.57 Å². The summed E-state index contributed by atoms with van der Waals surface area (Å²) in [6, 6.07) is 0.417. The van der Waals surface area contributed by atoms with Crippen LogP contribution in [0.25, 0.3) is 0 Å². The van der Waals surface area contributed by atoms with Crippen LogP contribution < -0.4 is 27.2 Å². The van der Waals surface area contributed by atoms with E-state index in [0.29, 0.717) is 5.69 Å². The Kier molecular flexibility index (Phi) is 8.16. The highest BCUT2D eigenvalue weighted by Gasteiger charge is 2.18. The van der Waals surface area contributed by atoms with Gasteiger partial charge in [-0.15, -0.1) is 0 Å². The zero-order valence-corrected chi connectivity index (χ0v) is 17.6. The molecule has 0 fully saturated rings. The van der Waals surface area contributed by atoms with Crippen molar-refractivity contribution in [1.29, 1.82) is 0 Å². The second kappa shape index (κ2) is 9.89. The van der Waals surface area contributed by atoms with Crippen molar-refractivity contribution in [2.24, 2.45) is 14.1 Å². The van der Waals surface area contributed by atoms with Gasteiger partial charge in [-0.2, -0.15) is 0 Å². The van der Waals surface area contributed by atoms with E-state index in [2.05, 4.69) is 16.0 Å². The molecule has 0 aliphatic heterocycles. The van der Waals surface area contributed by atoms with Crippen molar-refractivity contribution in [3.05, 3.63) is 32.6 Å². The van der Waals surface area contributed by atoms with E-state index in [1.807, 2.05) is 0 Å². The van der Waals surface area contributed by atoms with Gasteiger partial charge in [0.05, 0.1) is 6.54 Å². The van der Waals surface area contributed by atoms with Gasteiger partial charge in [0.2, 0.25) is 11.8 Å². The number of aromatic nitrogens is 2. The van der Waals surface area contributed by atoms with E-state index in [1.165, 1.54) is 31.7 Å². The van der Waals surface area contributed by atoms with Gasteiger partial charge in [-0.1, -0.05) is 0 Å². The average molecular weight is 411 g/mol. The van der Waals surface area contributed by atoms with E-state index < -0.39 is 40.8 Å². The second-order valence-electron chi connectivity index (χ2n) is 7.56. The molecule has 0 radical (unpaired) electrons. The lowest BCUT2D eigenvalue weighted by molar-refractivity contribution is -0.128.